The van der Waals surface area contributed by atoms with Crippen LogP contribution >= 0.6 is 12.4 Å². The third-order valence-electron chi connectivity index (χ3n) is 5.22. The molecule has 2 heterocycles. The molecule has 0 radical (unpaired) electrons. The molecule has 1 unspecified atom stereocenters. The van der Waals surface area contributed by atoms with Crippen LogP contribution in [-0.4, -0.2) is 20.2 Å². The van der Waals surface area contributed by atoms with Gasteiger partial charge in [0.15, 0.2) is 5.65 Å². The number of benzene rings is 1. The first kappa shape index (κ1) is 21.2. The fourth-order valence-electron chi connectivity index (χ4n) is 4.32. The van der Waals surface area contributed by atoms with Crippen LogP contribution in [0.3, 0.4) is 0 Å². The number of nitrogens with zero attached hydrogens (tertiary/aromatic N) is 3. The fraction of sp³-hybridized carbons (Fsp3) is 0.476. The van der Waals surface area contributed by atoms with Crippen LogP contribution in [-0.2, 0) is 5.54 Å². The number of halogens is 1. The van der Waals surface area contributed by atoms with E-state index < -0.39 is 0 Å². The summed E-state index contributed by atoms with van der Waals surface area (Å²) >= 11 is 0. The average Bonchev–Trinajstić information content (AvgIpc) is 3.02. The van der Waals surface area contributed by atoms with Gasteiger partial charge in [-0.15, -0.1) is 12.4 Å². The van der Waals surface area contributed by atoms with Gasteiger partial charge < -0.3 is 5.32 Å². The van der Waals surface area contributed by atoms with E-state index in [9.17, 15) is 0 Å². The van der Waals surface area contributed by atoms with Crippen LogP contribution in [0.4, 0.5) is 5.82 Å². The summed E-state index contributed by atoms with van der Waals surface area (Å²) in [6.45, 7) is 13.0. The summed E-state index contributed by atoms with van der Waals surface area (Å²) in [5.74, 6) is 1.60. The van der Waals surface area contributed by atoms with E-state index in [1.54, 1.807) is 6.20 Å². The lowest BCUT2D eigenvalue weighted by Crippen LogP contribution is -2.37. The normalized spacial score (nSPS) is 13.3. The van der Waals surface area contributed by atoms with E-state index in [2.05, 4.69) is 67.2 Å². The molecule has 6 heteroatoms. The zero-order valence-corrected chi connectivity index (χ0v) is 17.9. The molecule has 146 valence electrons. The zero-order valence-electron chi connectivity index (χ0n) is 17.1. The molecule has 0 spiro atoms. The molecule has 1 aromatic carbocycles. The Morgan fingerprint density at radius 3 is 2.30 bits per heavy atom. The summed E-state index contributed by atoms with van der Waals surface area (Å²) in [6, 6.07) is 4.56. The molecule has 2 N–H and O–H groups in total. The van der Waals surface area contributed by atoms with Crippen LogP contribution in [0.5, 0.6) is 0 Å². The van der Waals surface area contributed by atoms with Crippen LogP contribution in [0, 0.1) is 27.7 Å². The van der Waals surface area contributed by atoms with Crippen molar-refractivity contribution in [1.29, 1.82) is 0 Å². The van der Waals surface area contributed by atoms with Crippen molar-refractivity contribution in [3.8, 4) is 0 Å². The number of hydrogen-bond acceptors (Lipinski definition) is 4. The predicted octanol–water partition coefficient (Wildman–Crippen LogP) is 5.53. The zero-order chi connectivity index (χ0) is 18.9. The summed E-state index contributed by atoms with van der Waals surface area (Å²) in [4.78, 5) is 9.16. The van der Waals surface area contributed by atoms with Crippen molar-refractivity contribution in [3.63, 3.8) is 0 Å². The highest BCUT2D eigenvalue weighted by molar-refractivity contribution is 5.86. The van der Waals surface area contributed by atoms with Crippen molar-refractivity contribution in [1.82, 2.24) is 20.2 Å². The van der Waals surface area contributed by atoms with Crippen molar-refractivity contribution in [3.05, 3.63) is 46.4 Å². The Balaban J connectivity index is 0.00000261. The van der Waals surface area contributed by atoms with Gasteiger partial charge in [-0.2, -0.15) is 5.10 Å². The van der Waals surface area contributed by atoms with Gasteiger partial charge in [0.1, 0.15) is 11.6 Å². The monoisotopic (exact) mass is 387 g/mol. The number of H-pyrrole nitrogens is 1. The Bertz CT molecular complexity index is 910. The molecule has 2 aromatic heterocycles. The predicted molar refractivity (Wildman–Crippen MR) is 115 cm³/mol. The topological polar surface area (TPSA) is 66.5 Å². The molecular formula is C21H30ClN5. The minimum atomic E-state index is -0.165. The lowest BCUT2D eigenvalue weighted by molar-refractivity contribution is 0.423. The standard InChI is InChI=1S/C21H29N5.ClH/c1-7-9-21(8-2,18-14(4)10-13(3)11-15(18)5)25-19-17-12-22-26-20(17)24-16(6)23-19;/h10-12H,7-9H2,1-6H3,(H2,22,23,24,25,26);1H. The molecule has 3 aromatic rings. The van der Waals surface area contributed by atoms with Crippen molar-refractivity contribution in [2.24, 2.45) is 0 Å². The molecule has 3 rings (SSSR count). The first-order chi connectivity index (χ1) is 12.4. The Hall–Kier alpha value is -2.14. The number of nitrogens with one attached hydrogen (secondary N) is 2. The number of aromatic amines is 1. The highest BCUT2D eigenvalue weighted by atomic mass is 35.5. The highest BCUT2D eigenvalue weighted by Gasteiger charge is 2.33. The van der Waals surface area contributed by atoms with E-state index in [0.717, 1.165) is 41.9 Å². The van der Waals surface area contributed by atoms with E-state index >= 15 is 0 Å². The fourth-order valence-corrected chi connectivity index (χ4v) is 4.32. The van der Waals surface area contributed by atoms with E-state index in [0.29, 0.717) is 0 Å². The van der Waals surface area contributed by atoms with E-state index in [4.69, 9.17) is 4.98 Å². The second kappa shape index (κ2) is 8.26. The van der Waals surface area contributed by atoms with Gasteiger partial charge >= 0.3 is 0 Å². The van der Waals surface area contributed by atoms with E-state index in [1.807, 2.05) is 6.92 Å². The van der Waals surface area contributed by atoms with Gasteiger partial charge in [-0.05, 0) is 57.2 Å². The number of aromatic nitrogens is 4. The summed E-state index contributed by atoms with van der Waals surface area (Å²) in [5.41, 5.74) is 5.97. The largest absolute Gasteiger partial charge is 0.360 e. The molecule has 0 saturated carbocycles. The summed E-state index contributed by atoms with van der Waals surface area (Å²) in [6.07, 6.45) is 4.91. The Morgan fingerprint density at radius 1 is 1.04 bits per heavy atom. The maximum Gasteiger partial charge on any atom is 0.161 e. The molecule has 0 saturated heterocycles. The molecule has 0 aliphatic carbocycles. The SMILES string of the molecule is CCCC(CC)(Nc1nc(C)nc2[nH]ncc12)c1c(C)cc(C)cc1C.Cl. The third-order valence-corrected chi connectivity index (χ3v) is 5.22. The first-order valence-electron chi connectivity index (χ1n) is 9.44. The molecular weight excluding hydrogens is 358 g/mol. The molecule has 0 bridgehead atoms. The van der Waals surface area contributed by atoms with Crippen LogP contribution in [0.15, 0.2) is 18.3 Å². The second-order valence-electron chi connectivity index (χ2n) is 7.34. The summed E-state index contributed by atoms with van der Waals surface area (Å²) < 4.78 is 0. The minimum Gasteiger partial charge on any atom is -0.360 e. The van der Waals surface area contributed by atoms with Crippen molar-refractivity contribution in [2.45, 2.75) is 66.3 Å². The summed E-state index contributed by atoms with van der Waals surface area (Å²) in [7, 11) is 0. The highest BCUT2D eigenvalue weighted by Crippen LogP contribution is 2.39. The Kier molecular flexibility index (Phi) is 6.47. The number of hydrogen-bond donors (Lipinski definition) is 2. The summed E-state index contributed by atoms with van der Waals surface area (Å²) in [5, 5.41) is 11.9. The Morgan fingerprint density at radius 2 is 1.70 bits per heavy atom. The van der Waals surface area contributed by atoms with Crippen LogP contribution in [0.25, 0.3) is 11.0 Å². The van der Waals surface area contributed by atoms with Gasteiger partial charge in [0.25, 0.3) is 0 Å². The third kappa shape index (κ3) is 3.93. The maximum absolute atomic E-state index is 4.71. The van der Waals surface area contributed by atoms with Crippen molar-refractivity contribution < 1.29 is 0 Å². The molecule has 0 aliphatic rings. The van der Waals surface area contributed by atoms with Crippen LogP contribution in [0.1, 0.15) is 61.2 Å². The first-order valence-corrected chi connectivity index (χ1v) is 9.44. The smallest absolute Gasteiger partial charge is 0.161 e. The quantitative estimate of drug-likeness (QED) is 0.583. The number of fused-ring (bicyclic) bond motifs is 1. The van der Waals surface area contributed by atoms with E-state index in [1.165, 1.54) is 22.3 Å². The van der Waals surface area contributed by atoms with E-state index in [-0.39, 0.29) is 17.9 Å². The molecule has 27 heavy (non-hydrogen) atoms. The van der Waals surface area contributed by atoms with Crippen LogP contribution < -0.4 is 5.32 Å². The number of rotatable bonds is 6. The number of aryl methyl sites for hydroxylation is 4. The van der Waals surface area contributed by atoms with Crippen molar-refractivity contribution >= 4 is 29.3 Å². The van der Waals surface area contributed by atoms with Crippen LogP contribution in [0.2, 0.25) is 0 Å². The van der Waals surface area contributed by atoms with Gasteiger partial charge in [-0.25, -0.2) is 9.97 Å². The minimum absolute atomic E-state index is 0. The molecule has 0 aliphatic heterocycles. The Labute approximate surface area is 167 Å². The van der Waals surface area contributed by atoms with Gasteiger partial charge in [0, 0.05) is 0 Å². The lowest BCUT2D eigenvalue weighted by Gasteiger charge is -2.38. The van der Waals surface area contributed by atoms with Crippen molar-refractivity contribution in [2.75, 3.05) is 5.32 Å². The average molecular weight is 388 g/mol. The molecule has 1 atom stereocenters. The van der Waals surface area contributed by atoms with Gasteiger partial charge in [0.2, 0.25) is 0 Å². The molecule has 5 nitrogen and oxygen atoms in total. The number of anilines is 1. The van der Waals surface area contributed by atoms with Gasteiger partial charge in [0.05, 0.1) is 17.1 Å². The van der Waals surface area contributed by atoms with Gasteiger partial charge in [-0.3, -0.25) is 5.10 Å². The lowest BCUT2D eigenvalue weighted by atomic mass is 9.78. The maximum atomic E-state index is 4.71. The van der Waals surface area contributed by atoms with Gasteiger partial charge in [-0.1, -0.05) is 38.0 Å². The molecule has 0 fully saturated rings. The molecule has 0 amide bonds. The second-order valence-corrected chi connectivity index (χ2v) is 7.34.